The first kappa shape index (κ1) is 10.6. The molecule has 0 fully saturated rings. The van der Waals surface area contributed by atoms with E-state index in [0.717, 1.165) is 11.3 Å². The lowest BCUT2D eigenvalue weighted by molar-refractivity contribution is -0.117. The Labute approximate surface area is 84.9 Å². The molecule has 0 saturated heterocycles. The Hall–Kier alpha value is -1.43. The van der Waals surface area contributed by atoms with Crippen LogP contribution in [0.1, 0.15) is 20.4 Å². The van der Waals surface area contributed by atoms with E-state index in [1.54, 1.807) is 6.92 Å². The summed E-state index contributed by atoms with van der Waals surface area (Å²) in [5, 5.41) is 0.537. The minimum absolute atomic E-state index is 0.0580. The van der Waals surface area contributed by atoms with Crippen LogP contribution in [0.15, 0.2) is 0 Å². The molecule has 0 unspecified atom stereocenters. The lowest BCUT2D eigenvalue weighted by Gasteiger charge is -1.93. The molecule has 0 aromatic carbocycles. The summed E-state index contributed by atoms with van der Waals surface area (Å²) in [5.41, 5.74) is 5.57. The number of carbonyl (C=O) groups excluding carboxylic acids is 2. The molecule has 5 nitrogen and oxygen atoms in total. The van der Waals surface area contributed by atoms with E-state index in [1.165, 1.54) is 7.11 Å². The van der Waals surface area contributed by atoms with Crippen LogP contribution >= 0.6 is 11.3 Å². The topological polar surface area (TPSA) is 82.3 Å². The fraction of sp³-hybridized carbons (Fsp3) is 0.375. The van der Waals surface area contributed by atoms with Crippen LogP contribution in [0.4, 0.5) is 0 Å². The quantitative estimate of drug-likeness (QED) is 0.732. The van der Waals surface area contributed by atoms with Gasteiger partial charge in [-0.3, -0.25) is 4.79 Å². The van der Waals surface area contributed by atoms with Crippen molar-refractivity contribution in [1.29, 1.82) is 0 Å². The summed E-state index contributed by atoms with van der Waals surface area (Å²) >= 11 is 1.13. The molecule has 2 N–H and O–H groups in total. The van der Waals surface area contributed by atoms with E-state index in [1.807, 2.05) is 0 Å². The Morgan fingerprint density at radius 2 is 2.21 bits per heavy atom. The van der Waals surface area contributed by atoms with Crippen LogP contribution < -0.4 is 5.73 Å². The molecule has 0 atom stereocenters. The van der Waals surface area contributed by atoms with Crippen LogP contribution in [0.5, 0.6) is 0 Å². The van der Waals surface area contributed by atoms with E-state index in [2.05, 4.69) is 9.72 Å². The first-order chi connectivity index (χ1) is 6.54. The molecule has 0 aliphatic heterocycles. The third-order valence-corrected chi connectivity index (χ3v) is 2.67. The number of aryl methyl sites for hydroxylation is 1. The summed E-state index contributed by atoms with van der Waals surface area (Å²) in [7, 11) is 1.30. The van der Waals surface area contributed by atoms with Crippen LogP contribution in [-0.2, 0) is 16.0 Å². The lowest BCUT2D eigenvalue weighted by atomic mass is 10.4. The second kappa shape index (κ2) is 4.19. The Bertz CT molecular complexity index is 373. The van der Waals surface area contributed by atoms with Crippen LogP contribution in [-0.4, -0.2) is 24.0 Å². The smallest absolute Gasteiger partial charge is 0.349 e. The van der Waals surface area contributed by atoms with Crippen LogP contribution in [0.3, 0.4) is 0 Å². The molecule has 76 valence electrons. The van der Waals surface area contributed by atoms with Gasteiger partial charge in [0, 0.05) is 0 Å². The summed E-state index contributed by atoms with van der Waals surface area (Å²) < 4.78 is 4.55. The van der Waals surface area contributed by atoms with Gasteiger partial charge < -0.3 is 10.5 Å². The number of hydrogen-bond donors (Lipinski definition) is 1. The largest absolute Gasteiger partial charge is 0.465 e. The standard InChI is InChI=1S/C8H10N2O3S/c1-4-7(8(12)13-2)14-6(10-4)3-5(9)11/h3H2,1-2H3,(H2,9,11). The highest BCUT2D eigenvalue weighted by atomic mass is 32.1. The number of rotatable bonds is 3. The predicted octanol–water partition coefficient (Wildman–Crippen LogP) is 0.266. The molecular weight excluding hydrogens is 204 g/mol. The van der Waals surface area contributed by atoms with Gasteiger partial charge in [0.15, 0.2) is 0 Å². The lowest BCUT2D eigenvalue weighted by Crippen LogP contribution is -2.13. The predicted molar refractivity (Wildman–Crippen MR) is 51.1 cm³/mol. The summed E-state index contributed by atoms with van der Waals surface area (Å²) in [5.74, 6) is -0.897. The fourth-order valence-electron chi connectivity index (χ4n) is 0.959. The van der Waals surface area contributed by atoms with Gasteiger partial charge in [-0.1, -0.05) is 0 Å². The van der Waals surface area contributed by atoms with Gasteiger partial charge in [0.25, 0.3) is 0 Å². The zero-order chi connectivity index (χ0) is 10.7. The first-order valence-electron chi connectivity index (χ1n) is 3.87. The van der Waals surface area contributed by atoms with Gasteiger partial charge in [0.2, 0.25) is 5.91 Å². The number of ether oxygens (including phenoxy) is 1. The summed E-state index contributed by atoms with van der Waals surface area (Å²) in [6.07, 6.45) is 0.0580. The molecule has 1 rings (SSSR count). The molecule has 6 heteroatoms. The van der Waals surface area contributed by atoms with Crippen molar-refractivity contribution in [3.8, 4) is 0 Å². The van der Waals surface area contributed by atoms with E-state index in [-0.39, 0.29) is 6.42 Å². The molecular formula is C8H10N2O3S. The molecule has 0 bridgehead atoms. The summed E-state index contributed by atoms with van der Waals surface area (Å²) in [6, 6.07) is 0. The number of amides is 1. The van der Waals surface area contributed by atoms with E-state index >= 15 is 0 Å². The maximum atomic E-state index is 11.2. The van der Waals surface area contributed by atoms with Crippen LogP contribution in [0.2, 0.25) is 0 Å². The molecule has 1 aromatic heterocycles. The normalized spacial score (nSPS) is 9.86. The Kier molecular flexibility index (Phi) is 3.19. The van der Waals surface area contributed by atoms with Gasteiger partial charge in [-0.15, -0.1) is 11.3 Å². The molecule has 0 aliphatic rings. The second-order valence-electron chi connectivity index (χ2n) is 2.66. The second-order valence-corrected chi connectivity index (χ2v) is 3.74. The van der Waals surface area contributed by atoms with E-state index in [0.29, 0.717) is 15.6 Å². The Balaban J connectivity index is 2.93. The molecule has 14 heavy (non-hydrogen) atoms. The monoisotopic (exact) mass is 214 g/mol. The van der Waals surface area contributed by atoms with Gasteiger partial charge in [-0.05, 0) is 6.92 Å². The van der Waals surface area contributed by atoms with E-state index < -0.39 is 11.9 Å². The number of esters is 1. The molecule has 1 aromatic rings. The minimum Gasteiger partial charge on any atom is -0.465 e. The number of hydrogen-bond acceptors (Lipinski definition) is 5. The number of nitrogens with zero attached hydrogens (tertiary/aromatic N) is 1. The highest BCUT2D eigenvalue weighted by molar-refractivity contribution is 7.13. The summed E-state index contributed by atoms with van der Waals surface area (Å²) in [4.78, 5) is 26.2. The van der Waals surface area contributed by atoms with Crippen molar-refractivity contribution in [3.63, 3.8) is 0 Å². The number of methoxy groups -OCH3 is 1. The first-order valence-corrected chi connectivity index (χ1v) is 4.69. The average Bonchev–Trinajstić information content (AvgIpc) is 2.44. The van der Waals surface area contributed by atoms with E-state index in [4.69, 9.17) is 5.73 Å². The van der Waals surface area contributed by atoms with Crippen molar-refractivity contribution in [2.24, 2.45) is 5.73 Å². The minimum atomic E-state index is -0.463. The zero-order valence-electron chi connectivity index (χ0n) is 7.86. The summed E-state index contributed by atoms with van der Waals surface area (Å²) in [6.45, 7) is 1.69. The van der Waals surface area contributed by atoms with Crippen LogP contribution in [0, 0.1) is 6.92 Å². The average molecular weight is 214 g/mol. The van der Waals surface area contributed by atoms with Gasteiger partial charge >= 0.3 is 5.97 Å². The van der Waals surface area contributed by atoms with Crippen molar-refractivity contribution in [3.05, 3.63) is 15.6 Å². The number of primary amides is 1. The highest BCUT2D eigenvalue weighted by Gasteiger charge is 2.16. The Morgan fingerprint density at radius 1 is 1.57 bits per heavy atom. The number of nitrogens with two attached hydrogens (primary N) is 1. The van der Waals surface area contributed by atoms with E-state index in [9.17, 15) is 9.59 Å². The van der Waals surface area contributed by atoms with Crippen molar-refractivity contribution in [2.45, 2.75) is 13.3 Å². The third kappa shape index (κ3) is 2.29. The van der Waals surface area contributed by atoms with Gasteiger partial charge in [-0.25, -0.2) is 9.78 Å². The molecule has 0 spiro atoms. The number of carbonyl (C=O) groups is 2. The van der Waals surface area contributed by atoms with Gasteiger partial charge in [0.1, 0.15) is 9.88 Å². The molecule has 1 amide bonds. The number of thiazole rings is 1. The van der Waals surface area contributed by atoms with Gasteiger partial charge in [-0.2, -0.15) is 0 Å². The van der Waals surface area contributed by atoms with Crippen molar-refractivity contribution >= 4 is 23.2 Å². The Morgan fingerprint density at radius 3 is 2.71 bits per heavy atom. The number of aromatic nitrogens is 1. The third-order valence-electron chi connectivity index (χ3n) is 1.54. The van der Waals surface area contributed by atoms with Crippen molar-refractivity contribution < 1.29 is 14.3 Å². The molecule has 1 heterocycles. The van der Waals surface area contributed by atoms with Gasteiger partial charge in [0.05, 0.1) is 19.2 Å². The zero-order valence-corrected chi connectivity index (χ0v) is 8.68. The highest BCUT2D eigenvalue weighted by Crippen LogP contribution is 2.19. The molecule has 0 radical (unpaired) electrons. The van der Waals surface area contributed by atoms with Crippen LogP contribution in [0.25, 0.3) is 0 Å². The SMILES string of the molecule is COC(=O)c1sc(CC(N)=O)nc1C. The van der Waals surface area contributed by atoms with Crippen molar-refractivity contribution in [2.75, 3.05) is 7.11 Å². The molecule has 0 aliphatic carbocycles. The fourth-order valence-corrected chi connectivity index (χ4v) is 1.95. The molecule has 0 saturated carbocycles. The maximum absolute atomic E-state index is 11.2. The van der Waals surface area contributed by atoms with Crippen molar-refractivity contribution in [1.82, 2.24) is 4.98 Å². The maximum Gasteiger partial charge on any atom is 0.349 e.